The van der Waals surface area contributed by atoms with Crippen LogP contribution < -0.4 is 0 Å². The molecule has 0 atom stereocenters. The maximum Gasteiger partial charge on any atom is 0.186 e. The van der Waals surface area contributed by atoms with E-state index in [-0.39, 0.29) is 16.0 Å². The maximum absolute atomic E-state index is 13.7. The number of aromatic nitrogens is 1. The van der Waals surface area contributed by atoms with Crippen LogP contribution in [0, 0.1) is 5.82 Å². The van der Waals surface area contributed by atoms with Crippen molar-refractivity contribution in [3.8, 4) is 0 Å². The zero-order valence-corrected chi connectivity index (χ0v) is 12.2. The zero-order valence-electron chi connectivity index (χ0n) is 9.17. The fourth-order valence-electron chi connectivity index (χ4n) is 1.35. The van der Waals surface area contributed by atoms with Crippen LogP contribution in [-0.2, 0) is 0 Å². The number of pyridine rings is 1. The summed E-state index contributed by atoms with van der Waals surface area (Å²) in [6.07, 6.45) is 1.32. The molecule has 7 heteroatoms. The highest BCUT2D eigenvalue weighted by atomic mass is 35.5. The molecule has 0 saturated heterocycles. The first-order chi connectivity index (χ1) is 9.00. The molecule has 2 rings (SSSR count). The van der Waals surface area contributed by atoms with Gasteiger partial charge in [-0.25, -0.2) is 14.4 Å². The van der Waals surface area contributed by atoms with Crippen LogP contribution in [0.1, 0.15) is 5.56 Å². The van der Waals surface area contributed by atoms with Crippen molar-refractivity contribution < 1.29 is 4.39 Å². The van der Waals surface area contributed by atoms with E-state index in [2.05, 4.69) is 9.98 Å². The van der Waals surface area contributed by atoms with E-state index < -0.39 is 5.82 Å². The van der Waals surface area contributed by atoms with E-state index in [1.807, 2.05) is 0 Å². The number of hydrogen-bond donors (Lipinski definition) is 0. The van der Waals surface area contributed by atoms with Crippen LogP contribution in [0.25, 0.3) is 0 Å². The molecule has 98 valence electrons. The monoisotopic (exact) mass is 336 g/mol. The number of hydrogen-bond acceptors (Lipinski definition) is 2. The van der Waals surface area contributed by atoms with Crippen LogP contribution in [0.15, 0.2) is 35.5 Å². The number of benzene rings is 1. The van der Waals surface area contributed by atoms with Crippen molar-refractivity contribution in [2.24, 2.45) is 4.99 Å². The third-order valence-corrected chi connectivity index (χ3v) is 3.38. The average molecular weight is 338 g/mol. The Labute approximate surface area is 128 Å². The first-order valence-corrected chi connectivity index (χ1v) is 6.50. The molecule has 1 aromatic heterocycles. The summed E-state index contributed by atoms with van der Waals surface area (Å²) in [4.78, 5) is 7.51. The summed E-state index contributed by atoms with van der Waals surface area (Å²) in [7, 11) is 0. The molecule has 2 aromatic rings. The van der Waals surface area contributed by atoms with E-state index in [1.54, 1.807) is 18.2 Å². The molecule has 0 bridgehead atoms. The molecular weight excluding hydrogens is 333 g/mol. The zero-order chi connectivity index (χ0) is 14.0. The normalized spacial score (nSPS) is 11.7. The highest BCUT2D eigenvalue weighted by Crippen LogP contribution is 2.29. The third kappa shape index (κ3) is 3.18. The predicted octanol–water partition coefficient (Wildman–Crippen LogP) is 5.50. The van der Waals surface area contributed by atoms with Gasteiger partial charge in [0.25, 0.3) is 0 Å². The lowest BCUT2D eigenvalue weighted by atomic mass is 10.2. The van der Waals surface area contributed by atoms with E-state index in [0.29, 0.717) is 15.6 Å². The third-order valence-electron chi connectivity index (χ3n) is 2.21. The quantitative estimate of drug-likeness (QED) is 0.524. The first-order valence-electron chi connectivity index (χ1n) is 4.99. The van der Waals surface area contributed by atoms with Crippen molar-refractivity contribution in [3.05, 3.63) is 57.0 Å². The van der Waals surface area contributed by atoms with Gasteiger partial charge in [-0.3, -0.25) is 0 Å². The van der Waals surface area contributed by atoms with Crippen molar-refractivity contribution in [1.82, 2.24) is 4.98 Å². The fourth-order valence-corrected chi connectivity index (χ4v) is 2.47. The SMILES string of the molecule is Fc1c(/N=C(\Cl)c2c(Cl)cccc2Cl)ccnc1Cl. The number of rotatable bonds is 2. The summed E-state index contributed by atoms with van der Waals surface area (Å²) in [5.41, 5.74) is 0.292. The molecule has 0 unspecified atom stereocenters. The molecular formula is C12H5Cl4FN2. The van der Waals surface area contributed by atoms with E-state index in [1.165, 1.54) is 12.3 Å². The largest absolute Gasteiger partial charge is 0.241 e. The van der Waals surface area contributed by atoms with Crippen molar-refractivity contribution in [2.75, 3.05) is 0 Å². The van der Waals surface area contributed by atoms with E-state index in [9.17, 15) is 4.39 Å². The highest BCUT2D eigenvalue weighted by Gasteiger charge is 2.13. The molecule has 0 fully saturated rings. The molecule has 0 saturated carbocycles. The van der Waals surface area contributed by atoms with Gasteiger partial charge in [0, 0.05) is 11.8 Å². The lowest BCUT2D eigenvalue weighted by Crippen LogP contribution is -1.94. The summed E-state index contributed by atoms with van der Waals surface area (Å²) in [6, 6.07) is 6.23. The Morgan fingerprint density at radius 1 is 1.11 bits per heavy atom. The smallest absolute Gasteiger partial charge is 0.186 e. The van der Waals surface area contributed by atoms with Gasteiger partial charge >= 0.3 is 0 Å². The van der Waals surface area contributed by atoms with Crippen molar-refractivity contribution >= 4 is 57.3 Å². The van der Waals surface area contributed by atoms with E-state index in [4.69, 9.17) is 46.4 Å². The minimum absolute atomic E-state index is 0.0308. The second-order valence-corrected chi connectivity index (χ2v) is 4.96. The Morgan fingerprint density at radius 2 is 1.74 bits per heavy atom. The molecule has 0 aliphatic carbocycles. The van der Waals surface area contributed by atoms with Gasteiger partial charge in [-0.05, 0) is 18.2 Å². The fraction of sp³-hybridized carbons (Fsp3) is 0. The van der Waals surface area contributed by atoms with Gasteiger partial charge in [0.15, 0.2) is 11.0 Å². The van der Waals surface area contributed by atoms with E-state index >= 15 is 0 Å². The molecule has 0 amide bonds. The van der Waals surface area contributed by atoms with Crippen molar-refractivity contribution in [2.45, 2.75) is 0 Å². The summed E-state index contributed by atoms with van der Waals surface area (Å²) >= 11 is 23.5. The molecule has 1 heterocycles. The molecule has 0 aliphatic heterocycles. The Balaban J connectivity index is 2.52. The Morgan fingerprint density at radius 3 is 2.37 bits per heavy atom. The molecule has 0 aliphatic rings. The molecule has 0 N–H and O–H groups in total. The molecule has 0 spiro atoms. The molecule has 19 heavy (non-hydrogen) atoms. The second-order valence-electron chi connectivity index (χ2n) is 3.43. The van der Waals surface area contributed by atoms with Crippen LogP contribution in [0.4, 0.5) is 10.1 Å². The first kappa shape index (κ1) is 14.5. The topological polar surface area (TPSA) is 25.2 Å². The minimum Gasteiger partial charge on any atom is -0.241 e. The standard InChI is InChI=1S/C12H5Cl4FN2/c13-6-2-1-3-7(14)9(6)11(15)19-8-4-5-18-12(16)10(8)17/h1-5H/b19-11-. The summed E-state index contributed by atoms with van der Waals surface area (Å²) in [6.45, 7) is 0. The molecule has 1 aromatic carbocycles. The second kappa shape index (κ2) is 6.06. The predicted molar refractivity (Wildman–Crippen MR) is 77.7 cm³/mol. The lowest BCUT2D eigenvalue weighted by Gasteiger charge is -2.05. The Hall–Kier alpha value is -0.870. The van der Waals surface area contributed by atoms with Gasteiger partial charge in [0.05, 0.1) is 10.0 Å². The Kier molecular flexibility index (Phi) is 4.63. The van der Waals surface area contributed by atoms with Crippen molar-refractivity contribution in [1.29, 1.82) is 0 Å². The number of nitrogens with zero attached hydrogens (tertiary/aromatic N) is 2. The highest BCUT2D eigenvalue weighted by molar-refractivity contribution is 6.71. The van der Waals surface area contributed by atoms with Gasteiger partial charge < -0.3 is 0 Å². The van der Waals surface area contributed by atoms with Crippen LogP contribution in [-0.4, -0.2) is 10.2 Å². The summed E-state index contributed by atoms with van der Waals surface area (Å²) in [5, 5.41) is 0.330. The average Bonchev–Trinajstić information content (AvgIpc) is 2.35. The number of aliphatic imine (C=N–C) groups is 1. The van der Waals surface area contributed by atoms with Gasteiger partial charge in [0.2, 0.25) is 0 Å². The van der Waals surface area contributed by atoms with Crippen LogP contribution in [0.5, 0.6) is 0 Å². The van der Waals surface area contributed by atoms with Gasteiger partial charge in [0.1, 0.15) is 10.9 Å². The van der Waals surface area contributed by atoms with Gasteiger partial charge in [-0.2, -0.15) is 0 Å². The number of halogens is 5. The summed E-state index contributed by atoms with van der Waals surface area (Å²) < 4.78 is 13.7. The van der Waals surface area contributed by atoms with Crippen LogP contribution >= 0.6 is 46.4 Å². The maximum atomic E-state index is 13.7. The van der Waals surface area contributed by atoms with Gasteiger partial charge in [-0.1, -0.05) is 52.5 Å². The van der Waals surface area contributed by atoms with Crippen LogP contribution in [0.3, 0.4) is 0 Å². The molecule has 2 nitrogen and oxygen atoms in total. The summed E-state index contributed by atoms with van der Waals surface area (Å²) in [5.74, 6) is -0.759. The van der Waals surface area contributed by atoms with E-state index in [0.717, 1.165) is 0 Å². The molecule has 0 radical (unpaired) electrons. The van der Waals surface area contributed by atoms with Gasteiger partial charge in [-0.15, -0.1) is 0 Å². The Bertz CT molecular complexity index is 638. The van der Waals surface area contributed by atoms with Crippen LogP contribution in [0.2, 0.25) is 15.2 Å². The lowest BCUT2D eigenvalue weighted by molar-refractivity contribution is 0.624. The van der Waals surface area contributed by atoms with Crippen molar-refractivity contribution in [3.63, 3.8) is 0 Å². The minimum atomic E-state index is -0.759.